The molecule has 110 valence electrons. The van der Waals surface area contributed by atoms with Gasteiger partial charge >= 0.3 is 6.18 Å². The molecule has 0 atom stereocenters. The van der Waals surface area contributed by atoms with E-state index >= 15 is 0 Å². The molecule has 0 bridgehead atoms. The predicted octanol–water partition coefficient (Wildman–Crippen LogP) is 4.31. The van der Waals surface area contributed by atoms with Crippen LogP contribution in [0.2, 0.25) is 5.02 Å². The van der Waals surface area contributed by atoms with Crippen molar-refractivity contribution in [3.63, 3.8) is 0 Å². The number of rotatable bonds is 2. The Balaban J connectivity index is 2.43. The predicted molar refractivity (Wildman–Crippen MR) is 70.7 cm³/mol. The summed E-state index contributed by atoms with van der Waals surface area (Å²) in [6.07, 6.45) is -4.81. The SMILES string of the molecule is Nc1cc(Cl)cc(C(=O)c2ccc(C(F)(F)F)c(F)c2)c1. The van der Waals surface area contributed by atoms with Crippen molar-refractivity contribution in [1.82, 2.24) is 0 Å². The molecule has 2 N–H and O–H groups in total. The van der Waals surface area contributed by atoms with E-state index in [2.05, 4.69) is 0 Å². The Morgan fingerprint density at radius 3 is 2.24 bits per heavy atom. The Kier molecular flexibility index (Phi) is 3.91. The Labute approximate surface area is 122 Å². The van der Waals surface area contributed by atoms with E-state index < -0.39 is 23.3 Å². The van der Waals surface area contributed by atoms with Crippen LogP contribution in [0.15, 0.2) is 36.4 Å². The maximum Gasteiger partial charge on any atom is 0.419 e. The van der Waals surface area contributed by atoms with E-state index in [4.69, 9.17) is 17.3 Å². The highest BCUT2D eigenvalue weighted by Crippen LogP contribution is 2.32. The lowest BCUT2D eigenvalue weighted by Gasteiger charge is -2.09. The summed E-state index contributed by atoms with van der Waals surface area (Å²) in [7, 11) is 0. The zero-order valence-electron chi connectivity index (χ0n) is 10.3. The number of ketones is 1. The standard InChI is InChI=1S/C14H8ClF4NO/c15-9-3-8(4-10(20)6-9)13(21)7-1-2-11(12(16)5-7)14(17,18)19/h1-6H,20H2. The molecule has 7 heteroatoms. The maximum atomic E-state index is 13.5. The minimum Gasteiger partial charge on any atom is -0.399 e. The Bertz CT molecular complexity index is 692. The summed E-state index contributed by atoms with van der Waals surface area (Å²) in [5.41, 5.74) is 4.17. The summed E-state index contributed by atoms with van der Waals surface area (Å²) in [4.78, 5) is 12.1. The van der Waals surface area contributed by atoms with E-state index in [0.29, 0.717) is 12.1 Å². The number of carbonyl (C=O) groups excluding carboxylic acids is 1. The summed E-state index contributed by atoms with van der Waals surface area (Å²) in [6, 6.07) is 6.00. The van der Waals surface area contributed by atoms with Crippen molar-refractivity contribution in [2.24, 2.45) is 0 Å². The Hall–Kier alpha value is -2.08. The first-order chi connectivity index (χ1) is 9.68. The fraction of sp³-hybridized carbons (Fsp3) is 0.0714. The molecule has 0 radical (unpaired) electrons. The topological polar surface area (TPSA) is 43.1 Å². The van der Waals surface area contributed by atoms with Crippen LogP contribution in [0.1, 0.15) is 21.5 Å². The average Bonchev–Trinajstić information content (AvgIpc) is 2.35. The zero-order valence-corrected chi connectivity index (χ0v) is 11.1. The Morgan fingerprint density at radius 2 is 1.71 bits per heavy atom. The molecule has 2 aromatic carbocycles. The van der Waals surface area contributed by atoms with Crippen LogP contribution in [0.5, 0.6) is 0 Å². The zero-order chi connectivity index (χ0) is 15.8. The Morgan fingerprint density at radius 1 is 1.05 bits per heavy atom. The van der Waals surface area contributed by atoms with Crippen molar-refractivity contribution < 1.29 is 22.4 Å². The van der Waals surface area contributed by atoms with Crippen molar-refractivity contribution in [1.29, 1.82) is 0 Å². The molecule has 0 unspecified atom stereocenters. The van der Waals surface area contributed by atoms with Crippen molar-refractivity contribution in [2.75, 3.05) is 5.73 Å². The number of nitrogens with two attached hydrogens (primary N) is 1. The van der Waals surface area contributed by atoms with Gasteiger partial charge in [0.05, 0.1) is 5.56 Å². The van der Waals surface area contributed by atoms with Crippen LogP contribution in [0, 0.1) is 5.82 Å². The van der Waals surface area contributed by atoms with Gasteiger partial charge in [-0.15, -0.1) is 0 Å². The lowest BCUT2D eigenvalue weighted by Crippen LogP contribution is -2.10. The molecule has 0 aliphatic rings. The second-order valence-corrected chi connectivity index (χ2v) is 4.73. The van der Waals surface area contributed by atoms with Crippen LogP contribution in [0.3, 0.4) is 0 Å². The normalized spacial score (nSPS) is 11.5. The van der Waals surface area contributed by atoms with Gasteiger partial charge in [0, 0.05) is 21.8 Å². The summed E-state index contributed by atoms with van der Waals surface area (Å²) >= 11 is 5.74. The van der Waals surface area contributed by atoms with Gasteiger partial charge in [-0.05, 0) is 30.3 Å². The van der Waals surface area contributed by atoms with Crippen LogP contribution >= 0.6 is 11.6 Å². The molecule has 0 heterocycles. The highest BCUT2D eigenvalue weighted by molar-refractivity contribution is 6.31. The monoisotopic (exact) mass is 317 g/mol. The van der Waals surface area contributed by atoms with Crippen molar-refractivity contribution in [3.05, 3.63) is 63.9 Å². The van der Waals surface area contributed by atoms with Gasteiger partial charge < -0.3 is 5.73 Å². The molecule has 0 saturated carbocycles. The molecule has 0 aliphatic carbocycles. The van der Waals surface area contributed by atoms with E-state index in [1.807, 2.05) is 0 Å². The maximum absolute atomic E-state index is 13.5. The molecular weight excluding hydrogens is 310 g/mol. The number of nitrogen functional groups attached to an aromatic ring is 1. The van der Waals surface area contributed by atoms with E-state index in [1.54, 1.807) is 0 Å². The quantitative estimate of drug-likeness (QED) is 0.509. The molecule has 0 fully saturated rings. The number of hydrogen-bond acceptors (Lipinski definition) is 2. The molecule has 0 aliphatic heterocycles. The highest BCUT2D eigenvalue weighted by atomic mass is 35.5. The van der Waals surface area contributed by atoms with Gasteiger partial charge in [-0.25, -0.2) is 4.39 Å². The largest absolute Gasteiger partial charge is 0.419 e. The second-order valence-electron chi connectivity index (χ2n) is 4.29. The van der Waals surface area contributed by atoms with Crippen LogP contribution < -0.4 is 5.73 Å². The fourth-order valence-corrected chi connectivity index (χ4v) is 2.04. The van der Waals surface area contributed by atoms with Gasteiger partial charge in [-0.2, -0.15) is 13.2 Å². The third kappa shape index (κ3) is 3.33. The first-order valence-corrected chi connectivity index (χ1v) is 6.04. The molecule has 0 aromatic heterocycles. The van der Waals surface area contributed by atoms with Crippen molar-refractivity contribution >= 4 is 23.1 Å². The number of carbonyl (C=O) groups is 1. The molecule has 0 saturated heterocycles. The summed E-state index contributed by atoms with van der Waals surface area (Å²) < 4.78 is 50.8. The first kappa shape index (κ1) is 15.3. The summed E-state index contributed by atoms with van der Waals surface area (Å²) in [5, 5.41) is 0.200. The number of halogens is 5. The molecule has 2 nitrogen and oxygen atoms in total. The fourth-order valence-electron chi connectivity index (χ4n) is 1.80. The smallest absolute Gasteiger partial charge is 0.399 e. The third-order valence-electron chi connectivity index (χ3n) is 2.72. The van der Waals surface area contributed by atoms with Gasteiger partial charge in [-0.3, -0.25) is 4.79 Å². The lowest BCUT2D eigenvalue weighted by atomic mass is 10.0. The third-order valence-corrected chi connectivity index (χ3v) is 2.94. The first-order valence-electron chi connectivity index (χ1n) is 5.66. The molecule has 2 rings (SSSR count). The lowest BCUT2D eigenvalue weighted by molar-refractivity contribution is -0.140. The highest BCUT2D eigenvalue weighted by Gasteiger charge is 2.34. The van der Waals surface area contributed by atoms with Crippen molar-refractivity contribution in [2.45, 2.75) is 6.18 Å². The molecule has 0 spiro atoms. The van der Waals surface area contributed by atoms with Crippen LogP contribution in [-0.4, -0.2) is 5.78 Å². The minimum atomic E-state index is -4.81. The van der Waals surface area contributed by atoms with Gasteiger partial charge in [0.1, 0.15) is 5.82 Å². The van der Waals surface area contributed by atoms with E-state index in [9.17, 15) is 22.4 Å². The van der Waals surface area contributed by atoms with E-state index in [1.165, 1.54) is 18.2 Å². The van der Waals surface area contributed by atoms with Crippen molar-refractivity contribution in [3.8, 4) is 0 Å². The molecule has 0 amide bonds. The number of alkyl halides is 3. The number of anilines is 1. The average molecular weight is 318 g/mol. The van der Waals surface area contributed by atoms with Gasteiger partial charge in [0.2, 0.25) is 0 Å². The van der Waals surface area contributed by atoms with Crippen LogP contribution in [0.25, 0.3) is 0 Å². The number of hydrogen-bond donors (Lipinski definition) is 1. The van der Waals surface area contributed by atoms with Crippen LogP contribution in [-0.2, 0) is 6.18 Å². The summed E-state index contributed by atoms with van der Waals surface area (Å²) in [6.45, 7) is 0. The minimum absolute atomic E-state index is 0.0687. The van der Waals surface area contributed by atoms with Gasteiger partial charge in [0.15, 0.2) is 5.78 Å². The second kappa shape index (κ2) is 5.37. The van der Waals surface area contributed by atoms with Gasteiger partial charge in [0.25, 0.3) is 0 Å². The molecular formula is C14H8ClF4NO. The van der Waals surface area contributed by atoms with Crippen LogP contribution in [0.4, 0.5) is 23.2 Å². The van der Waals surface area contributed by atoms with Gasteiger partial charge in [-0.1, -0.05) is 17.7 Å². The molecule has 2 aromatic rings. The number of benzene rings is 2. The molecule has 21 heavy (non-hydrogen) atoms. The van der Waals surface area contributed by atoms with E-state index in [-0.39, 0.29) is 21.8 Å². The van der Waals surface area contributed by atoms with E-state index in [0.717, 1.165) is 6.07 Å². The summed E-state index contributed by atoms with van der Waals surface area (Å²) in [5.74, 6) is -2.18.